The molecule has 1 aromatic rings. The van der Waals surface area contributed by atoms with Crippen LogP contribution in [0.1, 0.15) is 19.3 Å². The van der Waals surface area contributed by atoms with Gasteiger partial charge in [0, 0.05) is 17.6 Å². The molecule has 0 unspecified atom stereocenters. The minimum absolute atomic E-state index is 0.274. The topological polar surface area (TPSA) is 46.6 Å². The molecule has 108 valence electrons. The van der Waals surface area contributed by atoms with E-state index >= 15 is 0 Å². The molecule has 0 aromatic heterocycles. The molecule has 0 atom stereocenters. The largest absolute Gasteiger partial charge is 0.497 e. The first-order valence-corrected chi connectivity index (χ1v) is 8.32. The molecular weight excluding hydrogens is 294 g/mol. The van der Waals surface area contributed by atoms with Crippen LogP contribution in [0, 0.1) is 0 Å². The van der Waals surface area contributed by atoms with Gasteiger partial charge in [-0.25, -0.2) is 8.42 Å². The number of hydrogen-bond acceptors (Lipinski definition) is 4. The van der Waals surface area contributed by atoms with E-state index in [1.54, 1.807) is 37.5 Å². The van der Waals surface area contributed by atoms with E-state index in [-0.39, 0.29) is 4.90 Å². The van der Waals surface area contributed by atoms with E-state index in [1.807, 2.05) is 0 Å². The van der Waals surface area contributed by atoms with E-state index in [9.17, 15) is 8.42 Å². The predicted octanol–water partition coefficient (Wildman–Crippen LogP) is 2.75. The molecular formula is C14H17NO3S2. The first-order chi connectivity index (χ1) is 9.59. The molecule has 20 heavy (non-hydrogen) atoms. The fourth-order valence-electron chi connectivity index (χ4n) is 2.22. The monoisotopic (exact) mass is 311 g/mol. The highest BCUT2D eigenvalue weighted by molar-refractivity contribution is 7.89. The van der Waals surface area contributed by atoms with Gasteiger partial charge in [-0.15, -0.1) is 0 Å². The molecule has 0 N–H and O–H groups in total. The summed E-state index contributed by atoms with van der Waals surface area (Å²) in [4.78, 5) is 0.274. The fourth-order valence-corrected chi connectivity index (χ4v) is 3.95. The van der Waals surface area contributed by atoms with Gasteiger partial charge in [-0.05, 0) is 49.6 Å². The zero-order valence-electron chi connectivity index (χ0n) is 11.3. The molecule has 1 heterocycles. The second kappa shape index (κ2) is 6.37. The molecule has 4 nitrogen and oxygen atoms in total. The Kier molecular flexibility index (Phi) is 4.77. The molecule has 0 amide bonds. The summed E-state index contributed by atoms with van der Waals surface area (Å²) in [6.07, 6.45) is 4.30. The second-order valence-corrected chi connectivity index (χ2v) is 6.64. The van der Waals surface area contributed by atoms with Crippen LogP contribution < -0.4 is 4.74 Å². The third-order valence-corrected chi connectivity index (χ3v) is 5.27. The van der Waals surface area contributed by atoms with Gasteiger partial charge in [0.1, 0.15) is 5.75 Å². The van der Waals surface area contributed by atoms with Gasteiger partial charge < -0.3 is 4.74 Å². The highest BCUT2D eigenvalue weighted by atomic mass is 32.2. The van der Waals surface area contributed by atoms with Crippen LogP contribution in [-0.2, 0) is 10.0 Å². The SMILES string of the molecule is COc1ccc(S(=O)(=O)N2CCCCC2=CC=S)cc1. The lowest BCUT2D eigenvalue weighted by atomic mass is 10.1. The summed E-state index contributed by atoms with van der Waals surface area (Å²) >= 11 is 4.82. The molecule has 6 heteroatoms. The first kappa shape index (κ1) is 15.0. The first-order valence-electron chi connectivity index (χ1n) is 6.40. The summed E-state index contributed by atoms with van der Waals surface area (Å²) in [7, 11) is -1.97. The van der Waals surface area contributed by atoms with Gasteiger partial charge in [0.05, 0.1) is 12.0 Å². The Morgan fingerprint density at radius 2 is 1.95 bits per heavy atom. The lowest BCUT2D eigenvalue weighted by molar-refractivity contribution is 0.407. The molecule has 1 aliphatic heterocycles. The highest BCUT2D eigenvalue weighted by Crippen LogP contribution is 2.28. The van der Waals surface area contributed by atoms with Crippen molar-refractivity contribution in [2.75, 3.05) is 13.7 Å². The van der Waals surface area contributed by atoms with Crippen molar-refractivity contribution < 1.29 is 13.2 Å². The number of allylic oxidation sites excluding steroid dienone is 2. The van der Waals surface area contributed by atoms with Gasteiger partial charge in [-0.1, -0.05) is 12.2 Å². The van der Waals surface area contributed by atoms with Gasteiger partial charge >= 0.3 is 0 Å². The number of hydrogen-bond donors (Lipinski definition) is 0. The molecule has 0 bridgehead atoms. The molecule has 1 saturated heterocycles. The van der Waals surface area contributed by atoms with Crippen molar-refractivity contribution >= 4 is 27.6 Å². The van der Waals surface area contributed by atoms with Gasteiger partial charge in [0.2, 0.25) is 0 Å². The van der Waals surface area contributed by atoms with Crippen LogP contribution in [0.5, 0.6) is 5.75 Å². The second-order valence-electron chi connectivity index (χ2n) is 4.50. The van der Waals surface area contributed by atoms with Gasteiger partial charge in [0.15, 0.2) is 0 Å². The van der Waals surface area contributed by atoms with Crippen molar-refractivity contribution in [1.82, 2.24) is 4.31 Å². The summed E-state index contributed by atoms with van der Waals surface area (Å²) < 4.78 is 31.8. The Morgan fingerprint density at radius 1 is 1.25 bits per heavy atom. The van der Waals surface area contributed by atoms with Crippen LogP contribution in [-0.4, -0.2) is 31.7 Å². The Labute approximate surface area is 125 Å². The van der Waals surface area contributed by atoms with E-state index in [0.717, 1.165) is 25.0 Å². The summed E-state index contributed by atoms with van der Waals surface area (Å²) in [5.41, 5.74) is 0.766. The molecule has 2 rings (SSSR count). The molecule has 1 aromatic carbocycles. The Morgan fingerprint density at radius 3 is 2.55 bits per heavy atom. The van der Waals surface area contributed by atoms with Crippen LogP contribution in [0.25, 0.3) is 0 Å². The average Bonchev–Trinajstić information content (AvgIpc) is 2.48. The number of methoxy groups -OCH3 is 1. The Hall–Kier alpha value is -1.40. The average molecular weight is 311 g/mol. The maximum atomic E-state index is 12.7. The number of rotatable bonds is 4. The van der Waals surface area contributed by atoms with Crippen LogP contribution in [0.15, 0.2) is 40.9 Å². The lowest BCUT2D eigenvalue weighted by Crippen LogP contribution is -2.34. The molecule has 1 aliphatic rings. The van der Waals surface area contributed by atoms with E-state index < -0.39 is 10.0 Å². The third-order valence-electron chi connectivity index (χ3n) is 3.27. The summed E-state index contributed by atoms with van der Waals surface area (Å²) in [5.74, 6) is 0.636. The van der Waals surface area contributed by atoms with E-state index in [2.05, 4.69) is 0 Å². The maximum Gasteiger partial charge on any atom is 0.264 e. The van der Waals surface area contributed by atoms with Crippen molar-refractivity contribution in [2.24, 2.45) is 0 Å². The van der Waals surface area contributed by atoms with Gasteiger partial charge in [0.25, 0.3) is 10.0 Å². The number of thiocarbonyl (C=S) groups is 1. The Balaban J connectivity index is 2.36. The summed E-state index contributed by atoms with van der Waals surface area (Å²) in [6.45, 7) is 0.503. The van der Waals surface area contributed by atoms with Crippen LogP contribution >= 0.6 is 12.2 Å². The van der Waals surface area contributed by atoms with Crippen molar-refractivity contribution in [3.8, 4) is 5.75 Å². The quantitative estimate of drug-likeness (QED) is 0.633. The highest BCUT2D eigenvalue weighted by Gasteiger charge is 2.28. The maximum absolute atomic E-state index is 12.7. The van der Waals surface area contributed by atoms with Crippen LogP contribution in [0.2, 0.25) is 0 Å². The van der Waals surface area contributed by atoms with Crippen molar-refractivity contribution in [3.05, 3.63) is 36.0 Å². The molecule has 1 fully saturated rings. The van der Waals surface area contributed by atoms with E-state index in [4.69, 9.17) is 17.0 Å². The van der Waals surface area contributed by atoms with Gasteiger partial charge in [-0.2, -0.15) is 0 Å². The van der Waals surface area contributed by atoms with Crippen molar-refractivity contribution in [3.63, 3.8) is 0 Å². The fraction of sp³-hybridized carbons (Fsp3) is 0.357. The Bertz CT molecular complexity index is 606. The summed E-state index contributed by atoms with van der Waals surface area (Å²) in [5, 5.41) is 1.47. The van der Waals surface area contributed by atoms with Crippen LogP contribution in [0.3, 0.4) is 0 Å². The molecule has 0 radical (unpaired) electrons. The molecule has 0 spiro atoms. The zero-order chi connectivity index (χ0) is 14.6. The van der Waals surface area contributed by atoms with Crippen molar-refractivity contribution in [1.29, 1.82) is 0 Å². The minimum atomic E-state index is -3.52. The predicted molar refractivity (Wildman–Crippen MR) is 82.5 cm³/mol. The number of ether oxygens (including phenoxy) is 1. The van der Waals surface area contributed by atoms with Crippen LogP contribution in [0.4, 0.5) is 0 Å². The van der Waals surface area contributed by atoms with E-state index in [0.29, 0.717) is 12.3 Å². The smallest absolute Gasteiger partial charge is 0.264 e. The number of benzene rings is 1. The molecule has 0 saturated carbocycles. The number of piperidine rings is 1. The van der Waals surface area contributed by atoms with Gasteiger partial charge in [-0.3, -0.25) is 4.31 Å². The third kappa shape index (κ3) is 3.02. The number of nitrogens with zero attached hydrogens (tertiary/aromatic N) is 1. The number of sulfonamides is 1. The minimum Gasteiger partial charge on any atom is -0.497 e. The van der Waals surface area contributed by atoms with Crippen molar-refractivity contribution in [2.45, 2.75) is 24.2 Å². The summed E-state index contributed by atoms with van der Waals surface area (Å²) in [6, 6.07) is 6.44. The lowest BCUT2D eigenvalue weighted by Gasteiger charge is -2.30. The standard InChI is InChI=1S/C14H17NO3S2/c1-18-13-5-7-14(8-6-13)20(16,17)15-10-3-2-4-12(15)9-11-19/h5-9,11H,2-4,10H2,1H3. The molecule has 0 aliphatic carbocycles. The zero-order valence-corrected chi connectivity index (χ0v) is 12.9. The van der Waals surface area contributed by atoms with E-state index in [1.165, 1.54) is 9.67 Å². The normalized spacial score (nSPS) is 18.1.